The summed E-state index contributed by atoms with van der Waals surface area (Å²) < 4.78 is 0. The van der Waals surface area contributed by atoms with Crippen molar-refractivity contribution in [2.24, 2.45) is 17.8 Å². The zero-order chi connectivity index (χ0) is 19.0. The summed E-state index contributed by atoms with van der Waals surface area (Å²) in [5, 5.41) is 2.82. The van der Waals surface area contributed by atoms with Crippen LogP contribution in [-0.2, 0) is 9.59 Å². The maximum atomic E-state index is 12.8. The smallest absolute Gasteiger partial charge is 0.255 e. The number of imide groups is 1. The molecule has 5 heteroatoms. The molecule has 0 radical (unpaired) electrons. The molecule has 3 amide bonds. The molecule has 0 unspecified atom stereocenters. The lowest BCUT2D eigenvalue weighted by molar-refractivity contribution is -0.122. The number of carbonyl (C=O) groups excluding carboxylic acids is 3. The van der Waals surface area contributed by atoms with E-state index in [0.717, 1.165) is 0 Å². The maximum Gasteiger partial charge on any atom is 0.255 e. The Balaban J connectivity index is 1.52. The molecule has 1 aliphatic carbocycles. The van der Waals surface area contributed by atoms with Crippen LogP contribution in [0.5, 0.6) is 0 Å². The van der Waals surface area contributed by atoms with Crippen LogP contribution in [0.2, 0.25) is 0 Å². The Morgan fingerprint density at radius 3 is 2.37 bits per heavy atom. The number of amides is 3. The van der Waals surface area contributed by atoms with Gasteiger partial charge in [-0.05, 0) is 48.7 Å². The summed E-state index contributed by atoms with van der Waals surface area (Å²) in [6, 6.07) is 15.8. The molecule has 1 N–H and O–H groups in total. The van der Waals surface area contributed by atoms with E-state index in [2.05, 4.69) is 5.32 Å². The Labute approximate surface area is 157 Å². The molecule has 2 aromatic carbocycles. The molecule has 0 aromatic heterocycles. The molecule has 2 aromatic rings. The van der Waals surface area contributed by atoms with Crippen LogP contribution in [0.3, 0.4) is 0 Å². The van der Waals surface area contributed by atoms with Gasteiger partial charge in [0, 0.05) is 11.3 Å². The summed E-state index contributed by atoms with van der Waals surface area (Å²) in [5.74, 6) is -0.961. The van der Waals surface area contributed by atoms with Gasteiger partial charge in [0.25, 0.3) is 5.91 Å². The van der Waals surface area contributed by atoms with Crippen molar-refractivity contribution in [1.29, 1.82) is 0 Å². The second kappa shape index (κ2) is 6.83. The minimum Gasteiger partial charge on any atom is -0.322 e. The molecular weight excluding hydrogens is 340 g/mol. The molecule has 1 fully saturated rings. The minimum atomic E-state index is -0.278. The van der Waals surface area contributed by atoms with Gasteiger partial charge in [-0.15, -0.1) is 0 Å². The molecule has 0 bridgehead atoms. The highest BCUT2D eigenvalue weighted by atomic mass is 16.2. The largest absolute Gasteiger partial charge is 0.322 e. The number of allylic oxidation sites excluding steroid dienone is 2. The zero-order valence-electron chi connectivity index (χ0n) is 15.0. The lowest BCUT2D eigenvalue weighted by Crippen LogP contribution is -2.31. The fourth-order valence-corrected chi connectivity index (χ4v) is 3.89. The van der Waals surface area contributed by atoms with E-state index in [1.807, 2.05) is 25.1 Å². The van der Waals surface area contributed by atoms with Gasteiger partial charge in [-0.3, -0.25) is 19.3 Å². The van der Waals surface area contributed by atoms with Gasteiger partial charge in [0.15, 0.2) is 0 Å². The number of hydrogen-bond acceptors (Lipinski definition) is 3. The van der Waals surface area contributed by atoms with Crippen LogP contribution in [0.4, 0.5) is 11.4 Å². The van der Waals surface area contributed by atoms with Crippen molar-refractivity contribution in [2.75, 3.05) is 10.2 Å². The van der Waals surface area contributed by atoms with Crippen LogP contribution in [0, 0.1) is 17.8 Å². The molecule has 1 heterocycles. The topological polar surface area (TPSA) is 66.5 Å². The summed E-state index contributed by atoms with van der Waals surface area (Å²) in [4.78, 5) is 39.1. The van der Waals surface area contributed by atoms with Gasteiger partial charge in [-0.2, -0.15) is 0 Å². The fourth-order valence-electron chi connectivity index (χ4n) is 3.89. The van der Waals surface area contributed by atoms with E-state index in [9.17, 15) is 14.4 Å². The maximum absolute atomic E-state index is 12.8. The van der Waals surface area contributed by atoms with Crippen LogP contribution in [0.15, 0.2) is 66.7 Å². The van der Waals surface area contributed by atoms with Crippen LogP contribution in [0.1, 0.15) is 23.7 Å². The lowest BCUT2D eigenvalue weighted by atomic mass is 9.78. The molecule has 1 aliphatic heterocycles. The first kappa shape index (κ1) is 17.2. The molecule has 0 spiro atoms. The van der Waals surface area contributed by atoms with Gasteiger partial charge in [0.2, 0.25) is 11.8 Å². The van der Waals surface area contributed by atoms with Crippen molar-refractivity contribution in [3.05, 3.63) is 72.3 Å². The van der Waals surface area contributed by atoms with Gasteiger partial charge >= 0.3 is 0 Å². The van der Waals surface area contributed by atoms with Gasteiger partial charge in [-0.1, -0.05) is 37.3 Å². The monoisotopic (exact) mass is 360 g/mol. The standard InChI is InChI=1S/C22H20N2O3/c1-14-6-5-9-18-19(14)22(27)24(21(18)26)17-12-10-16(11-13-17)23-20(25)15-7-3-2-4-8-15/h2-8,10-14,18-19H,9H2,1H3,(H,23,25)/t14-,18+,19+/m0/s1. The Kier molecular flexibility index (Phi) is 4.36. The number of hydrogen-bond donors (Lipinski definition) is 1. The summed E-state index contributed by atoms with van der Waals surface area (Å²) in [7, 11) is 0. The number of nitrogens with zero attached hydrogens (tertiary/aromatic N) is 1. The number of fused-ring (bicyclic) bond motifs is 1. The first-order valence-corrected chi connectivity index (χ1v) is 9.07. The normalized spacial score (nSPS) is 24.0. The Morgan fingerprint density at radius 1 is 1.00 bits per heavy atom. The number of benzene rings is 2. The molecule has 136 valence electrons. The van der Waals surface area contributed by atoms with Gasteiger partial charge in [0.05, 0.1) is 17.5 Å². The first-order valence-electron chi connectivity index (χ1n) is 9.07. The third-order valence-corrected chi connectivity index (χ3v) is 5.29. The number of anilines is 2. The van der Waals surface area contributed by atoms with E-state index in [1.54, 1.807) is 48.5 Å². The van der Waals surface area contributed by atoms with E-state index in [0.29, 0.717) is 23.4 Å². The van der Waals surface area contributed by atoms with Crippen LogP contribution < -0.4 is 10.2 Å². The first-order chi connectivity index (χ1) is 13.1. The van der Waals surface area contributed by atoms with E-state index >= 15 is 0 Å². The second-order valence-electron chi connectivity index (χ2n) is 7.03. The van der Waals surface area contributed by atoms with Crippen LogP contribution in [0.25, 0.3) is 0 Å². The molecular formula is C22H20N2O3. The minimum absolute atomic E-state index is 0.0645. The molecule has 3 atom stereocenters. The second-order valence-corrected chi connectivity index (χ2v) is 7.03. The number of rotatable bonds is 3. The summed E-state index contributed by atoms with van der Waals surface area (Å²) in [6.45, 7) is 1.98. The predicted octanol–water partition coefficient (Wildman–Crippen LogP) is 3.64. The highest BCUT2D eigenvalue weighted by Gasteiger charge is 2.50. The van der Waals surface area contributed by atoms with Crippen LogP contribution >= 0.6 is 0 Å². The predicted molar refractivity (Wildman–Crippen MR) is 103 cm³/mol. The summed E-state index contributed by atoms with van der Waals surface area (Å²) in [5.41, 5.74) is 1.72. The average molecular weight is 360 g/mol. The zero-order valence-corrected chi connectivity index (χ0v) is 15.0. The Hall–Kier alpha value is -3.21. The number of carbonyl (C=O) groups is 3. The SMILES string of the molecule is C[C@H]1C=CC[C@H]2C(=O)N(c3ccc(NC(=O)c4ccccc4)cc3)C(=O)[C@H]12. The summed E-state index contributed by atoms with van der Waals surface area (Å²) >= 11 is 0. The van der Waals surface area contributed by atoms with Crippen molar-refractivity contribution < 1.29 is 14.4 Å². The van der Waals surface area contributed by atoms with E-state index in [-0.39, 0.29) is 35.5 Å². The van der Waals surface area contributed by atoms with Crippen molar-refractivity contribution in [1.82, 2.24) is 0 Å². The van der Waals surface area contributed by atoms with Gasteiger partial charge in [0.1, 0.15) is 0 Å². The summed E-state index contributed by atoms with van der Waals surface area (Å²) in [6.07, 6.45) is 4.61. The highest BCUT2D eigenvalue weighted by molar-refractivity contribution is 6.22. The van der Waals surface area contributed by atoms with E-state index in [1.165, 1.54) is 4.90 Å². The molecule has 4 rings (SSSR count). The van der Waals surface area contributed by atoms with Crippen molar-refractivity contribution in [3.8, 4) is 0 Å². The Bertz CT molecular complexity index is 918. The van der Waals surface area contributed by atoms with Crippen molar-refractivity contribution in [2.45, 2.75) is 13.3 Å². The van der Waals surface area contributed by atoms with Crippen LogP contribution in [-0.4, -0.2) is 17.7 Å². The number of nitrogens with one attached hydrogen (secondary N) is 1. The molecule has 1 saturated heterocycles. The van der Waals surface area contributed by atoms with Crippen molar-refractivity contribution in [3.63, 3.8) is 0 Å². The third-order valence-electron chi connectivity index (χ3n) is 5.29. The lowest BCUT2D eigenvalue weighted by Gasteiger charge is -2.22. The van der Waals surface area contributed by atoms with Crippen molar-refractivity contribution >= 4 is 29.1 Å². The van der Waals surface area contributed by atoms with Gasteiger partial charge < -0.3 is 5.32 Å². The fraction of sp³-hybridized carbons (Fsp3) is 0.227. The molecule has 2 aliphatic rings. The average Bonchev–Trinajstić information content (AvgIpc) is 2.95. The van der Waals surface area contributed by atoms with E-state index in [4.69, 9.17) is 0 Å². The van der Waals surface area contributed by atoms with E-state index < -0.39 is 0 Å². The molecule has 27 heavy (non-hydrogen) atoms. The van der Waals surface area contributed by atoms with Gasteiger partial charge in [-0.25, -0.2) is 0 Å². The Morgan fingerprint density at radius 2 is 1.70 bits per heavy atom. The quantitative estimate of drug-likeness (QED) is 0.671. The third kappa shape index (κ3) is 3.05. The molecule has 0 saturated carbocycles. The molecule has 5 nitrogen and oxygen atoms in total. The highest BCUT2D eigenvalue weighted by Crippen LogP contribution is 2.40.